The predicted octanol–water partition coefficient (Wildman–Crippen LogP) is 2.63. The van der Waals surface area contributed by atoms with Gasteiger partial charge in [-0.25, -0.2) is 0 Å². The first-order valence-corrected chi connectivity index (χ1v) is 5.34. The smallest absolute Gasteiger partial charge is 0.384 e. The minimum Gasteiger partial charge on any atom is -0.384 e. The summed E-state index contributed by atoms with van der Waals surface area (Å²) in [5.41, 5.74) is 4.23. The predicted molar refractivity (Wildman–Crippen MR) is 62.9 cm³/mol. The van der Waals surface area contributed by atoms with Crippen LogP contribution in [0.5, 0.6) is 0 Å². The lowest BCUT2D eigenvalue weighted by molar-refractivity contribution is -0.137. The maximum atomic E-state index is 12.3. The lowest BCUT2D eigenvalue weighted by atomic mass is 9.92. The van der Waals surface area contributed by atoms with E-state index in [1.54, 1.807) is 13.8 Å². The molecule has 0 saturated carbocycles. The van der Waals surface area contributed by atoms with E-state index >= 15 is 0 Å². The Bertz CT molecular complexity index is 424. The van der Waals surface area contributed by atoms with Gasteiger partial charge in [-0.15, -0.1) is 0 Å². The van der Waals surface area contributed by atoms with Crippen LogP contribution in [0.25, 0.3) is 0 Å². The molecule has 0 aliphatic rings. The van der Waals surface area contributed by atoms with Crippen LogP contribution in [0.4, 0.5) is 18.9 Å². The summed E-state index contributed by atoms with van der Waals surface area (Å²) in [4.78, 5) is 11.1. The molecule has 3 nitrogen and oxygen atoms in total. The number of carbonyl (C=O) groups is 1. The molecule has 0 radical (unpaired) electrons. The standard InChI is InChI=1S/C12H15F3N2O/c1-11(2,10(16)18)7-17-9-5-3-8(4-6-9)12(13,14)15/h3-6,17H,7H2,1-2H3,(H2,16,18). The van der Waals surface area contributed by atoms with E-state index in [-0.39, 0.29) is 6.54 Å². The molecule has 1 aromatic rings. The number of benzene rings is 1. The maximum absolute atomic E-state index is 12.3. The average Bonchev–Trinajstić information content (AvgIpc) is 2.25. The molecule has 3 N–H and O–H groups in total. The molecule has 1 amide bonds. The SMILES string of the molecule is CC(C)(CNc1ccc(C(F)(F)F)cc1)C(N)=O. The third-order valence-electron chi connectivity index (χ3n) is 2.61. The summed E-state index contributed by atoms with van der Waals surface area (Å²) in [5.74, 6) is -0.470. The number of primary amides is 1. The number of alkyl halides is 3. The zero-order chi connectivity index (χ0) is 14.0. The van der Waals surface area contributed by atoms with Gasteiger partial charge in [0.2, 0.25) is 5.91 Å². The van der Waals surface area contributed by atoms with Gasteiger partial charge in [-0.3, -0.25) is 4.79 Å². The van der Waals surface area contributed by atoms with Crippen molar-refractivity contribution < 1.29 is 18.0 Å². The fourth-order valence-electron chi connectivity index (χ4n) is 1.19. The van der Waals surface area contributed by atoms with Crippen LogP contribution in [0.1, 0.15) is 19.4 Å². The second-order valence-corrected chi connectivity index (χ2v) is 4.68. The third kappa shape index (κ3) is 3.65. The quantitative estimate of drug-likeness (QED) is 0.874. The zero-order valence-corrected chi connectivity index (χ0v) is 10.1. The Balaban J connectivity index is 2.68. The van der Waals surface area contributed by atoms with Gasteiger partial charge in [0, 0.05) is 12.2 Å². The van der Waals surface area contributed by atoms with Crippen molar-refractivity contribution in [2.75, 3.05) is 11.9 Å². The first-order valence-electron chi connectivity index (χ1n) is 5.34. The highest BCUT2D eigenvalue weighted by Gasteiger charge is 2.30. The van der Waals surface area contributed by atoms with Crippen LogP contribution in [-0.2, 0) is 11.0 Å². The van der Waals surface area contributed by atoms with Gasteiger partial charge in [0.15, 0.2) is 0 Å². The fraction of sp³-hybridized carbons (Fsp3) is 0.417. The Labute approximate surface area is 103 Å². The van der Waals surface area contributed by atoms with Crippen LogP contribution in [-0.4, -0.2) is 12.5 Å². The molecule has 0 aliphatic heterocycles. The van der Waals surface area contributed by atoms with E-state index in [0.29, 0.717) is 5.69 Å². The first kappa shape index (κ1) is 14.3. The largest absolute Gasteiger partial charge is 0.416 e. The average molecular weight is 260 g/mol. The molecule has 100 valence electrons. The molecule has 0 unspecified atom stereocenters. The summed E-state index contributed by atoms with van der Waals surface area (Å²) in [6.07, 6.45) is -4.34. The van der Waals surface area contributed by atoms with E-state index in [0.717, 1.165) is 12.1 Å². The van der Waals surface area contributed by atoms with Crippen LogP contribution in [0.3, 0.4) is 0 Å². The van der Waals surface area contributed by atoms with Crippen molar-refractivity contribution in [2.24, 2.45) is 11.1 Å². The second kappa shape index (κ2) is 4.88. The van der Waals surface area contributed by atoms with Crippen LogP contribution in [0.15, 0.2) is 24.3 Å². The van der Waals surface area contributed by atoms with Gasteiger partial charge in [-0.1, -0.05) is 0 Å². The van der Waals surface area contributed by atoms with Crippen molar-refractivity contribution in [3.63, 3.8) is 0 Å². The van der Waals surface area contributed by atoms with Crippen molar-refractivity contribution in [2.45, 2.75) is 20.0 Å². The topological polar surface area (TPSA) is 55.1 Å². The minimum atomic E-state index is -4.34. The van der Waals surface area contributed by atoms with E-state index in [4.69, 9.17) is 5.73 Å². The van der Waals surface area contributed by atoms with Gasteiger partial charge in [0.05, 0.1) is 11.0 Å². The van der Waals surface area contributed by atoms with Gasteiger partial charge in [-0.05, 0) is 38.1 Å². The molecule has 0 bridgehead atoms. The lowest BCUT2D eigenvalue weighted by Crippen LogP contribution is -2.37. The Morgan fingerprint density at radius 1 is 1.22 bits per heavy atom. The number of nitrogens with one attached hydrogen (secondary N) is 1. The number of anilines is 1. The zero-order valence-electron chi connectivity index (χ0n) is 10.1. The highest BCUT2D eigenvalue weighted by molar-refractivity contribution is 5.80. The third-order valence-corrected chi connectivity index (χ3v) is 2.61. The molecule has 1 rings (SSSR count). The molecule has 0 saturated heterocycles. The minimum absolute atomic E-state index is 0.258. The Morgan fingerprint density at radius 3 is 2.11 bits per heavy atom. The van der Waals surface area contributed by atoms with Crippen LogP contribution < -0.4 is 11.1 Å². The molecule has 0 spiro atoms. The molecule has 18 heavy (non-hydrogen) atoms. The summed E-state index contributed by atoms with van der Waals surface area (Å²) in [6.45, 7) is 3.58. The Kier molecular flexibility index (Phi) is 3.88. The van der Waals surface area contributed by atoms with E-state index < -0.39 is 23.1 Å². The van der Waals surface area contributed by atoms with Crippen molar-refractivity contribution >= 4 is 11.6 Å². The number of hydrogen-bond acceptors (Lipinski definition) is 2. The van der Waals surface area contributed by atoms with E-state index in [2.05, 4.69) is 5.32 Å². The van der Waals surface area contributed by atoms with Gasteiger partial charge in [0.25, 0.3) is 0 Å². The first-order chi connectivity index (χ1) is 8.13. The molecule has 0 atom stereocenters. The van der Waals surface area contributed by atoms with Gasteiger partial charge < -0.3 is 11.1 Å². The molecular weight excluding hydrogens is 245 g/mol. The Morgan fingerprint density at radius 2 is 1.72 bits per heavy atom. The lowest BCUT2D eigenvalue weighted by Gasteiger charge is -2.21. The molecule has 0 fully saturated rings. The van der Waals surface area contributed by atoms with Gasteiger partial charge in [-0.2, -0.15) is 13.2 Å². The van der Waals surface area contributed by atoms with Crippen LogP contribution in [0.2, 0.25) is 0 Å². The van der Waals surface area contributed by atoms with Crippen molar-refractivity contribution in [1.82, 2.24) is 0 Å². The van der Waals surface area contributed by atoms with Crippen molar-refractivity contribution in [1.29, 1.82) is 0 Å². The highest BCUT2D eigenvalue weighted by atomic mass is 19.4. The summed E-state index contributed by atoms with van der Waals surface area (Å²) in [5, 5.41) is 2.88. The molecule has 1 aromatic carbocycles. The number of halogens is 3. The van der Waals surface area contributed by atoms with Crippen LogP contribution in [0, 0.1) is 5.41 Å². The Hall–Kier alpha value is -1.72. The fourth-order valence-corrected chi connectivity index (χ4v) is 1.19. The van der Waals surface area contributed by atoms with E-state index in [1.165, 1.54) is 12.1 Å². The van der Waals surface area contributed by atoms with E-state index in [9.17, 15) is 18.0 Å². The molecule has 0 heterocycles. The summed E-state index contributed by atoms with van der Waals surface area (Å²) in [6, 6.07) is 4.61. The summed E-state index contributed by atoms with van der Waals surface area (Å²) >= 11 is 0. The molecule has 0 aliphatic carbocycles. The van der Waals surface area contributed by atoms with Crippen LogP contribution >= 0.6 is 0 Å². The number of amides is 1. The van der Waals surface area contributed by atoms with Gasteiger partial charge in [0.1, 0.15) is 0 Å². The highest BCUT2D eigenvalue weighted by Crippen LogP contribution is 2.30. The van der Waals surface area contributed by atoms with Crippen molar-refractivity contribution in [3.05, 3.63) is 29.8 Å². The van der Waals surface area contributed by atoms with Gasteiger partial charge >= 0.3 is 6.18 Å². The monoisotopic (exact) mass is 260 g/mol. The normalized spacial score (nSPS) is 12.3. The number of carbonyl (C=O) groups excluding carboxylic acids is 1. The second-order valence-electron chi connectivity index (χ2n) is 4.68. The number of hydrogen-bond donors (Lipinski definition) is 2. The molecule has 6 heteroatoms. The summed E-state index contributed by atoms with van der Waals surface area (Å²) < 4.78 is 37.0. The van der Waals surface area contributed by atoms with Crippen molar-refractivity contribution in [3.8, 4) is 0 Å². The number of rotatable bonds is 4. The maximum Gasteiger partial charge on any atom is 0.416 e. The molecular formula is C12H15F3N2O. The van der Waals surface area contributed by atoms with E-state index in [1.807, 2.05) is 0 Å². The summed E-state index contributed by atoms with van der Waals surface area (Å²) in [7, 11) is 0. The number of nitrogens with two attached hydrogens (primary N) is 1. The molecule has 0 aromatic heterocycles.